The van der Waals surface area contributed by atoms with E-state index in [1.165, 1.54) is 154 Å². The summed E-state index contributed by atoms with van der Waals surface area (Å²) < 4.78 is 11.2. The largest absolute Gasteiger partial charge is 0.466 e. The number of carbonyl (C=O) groups is 2. The van der Waals surface area contributed by atoms with Gasteiger partial charge in [0, 0.05) is 32.5 Å². The van der Waals surface area contributed by atoms with E-state index >= 15 is 0 Å². The van der Waals surface area contributed by atoms with Crippen molar-refractivity contribution in [3.05, 3.63) is 24.3 Å². The first-order valence-corrected chi connectivity index (χ1v) is 25.1. The Kier molecular flexibility index (Phi) is 46.6. The van der Waals surface area contributed by atoms with E-state index < -0.39 is 6.10 Å². The van der Waals surface area contributed by atoms with Gasteiger partial charge in [-0.05, 0) is 57.8 Å². The summed E-state index contributed by atoms with van der Waals surface area (Å²) in [6, 6.07) is 0. The van der Waals surface area contributed by atoms with Crippen molar-refractivity contribution in [3.8, 4) is 0 Å². The number of ether oxygens (including phenoxy) is 2. The van der Waals surface area contributed by atoms with Crippen molar-refractivity contribution >= 4 is 11.9 Å². The molecule has 0 aromatic heterocycles. The van der Waals surface area contributed by atoms with Crippen LogP contribution in [0.4, 0.5) is 0 Å². The van der Waals surface area contributed by atoms with Crippen LogP contribution in [0, 0.1) is 0 Å². The van der Waals surface area contributed by atoms with Crippen molar-refractivity contribution in [2.75, 3.05) is 39.5 Å². The molecule has 0 saturated carbocycles. The summed E-state index contributed by atoms with van der Waals surface area (Å²) in [4.78, 5) is 26.4. The van der Waals surface area contributed by atoms with E-state index in [-0.39, 0.29) is 38.2 Å². The zero-order chi connectivity index (χ0) is 42.3. The maximum absolute atomic E-state index is 12.8. The maximum Gasteiger partial charge on any atom is 0.305 e. The highest BCUT2D eigenvalue weighted by molar-refractivity contribution is 5.76. The Balaban J connectivity index is 3.59. The van der Waals surface area contributed by atoms with Crippen LogP contribution in [-0.4, -0.2) is 72.6 Å². The van der Waals surface area contributed by atoms with Crippen LogP contribution in [-0.2, 0) is 19.1 Å². The van der Waals surface area contributed by atoms with E-state index in [0.29, 0.717) is 26.1 Å². The molecule has 0 radical (unpaired) electrons. The third-order valence-electron chi connectivity index (χ3n) is 11.2. The van der Waals surface area contributed by atoms with Crippen molar-refractivity contribution in [2.24, 2.45) is 0 Å². The van der Waals surface area contributed by atoms with Crippen LogP contribution in [0.5, 0.6) is 0 Å². The fraction of sp³-hybridized carbons (Fsp3) is 0.882. The second kappa shape index (κ2) is 48.0. The molecule has 1 amide bonds. The van der Waals surface area contributed by atoms with Crippen LogP contribution in [0.3, 0.4) is 0 Å². The SMILES string of the molecule is CCCCC/C=C\C/C=C\CCCCCCCC(=O)OCCCCCCCCCCCC(=O)N(CCO)CC(O)COCCCCCCCCCCCCCCCC. The van der Waals surface area contributed by atoms with E-state index in [4.69, 9.17) is 9.47 Å². The zero-order valence-electron chi connectivity index (χ0n) is 38.6. The van der Waals surface area contributed by atoms with Gasteiger partial charge in [-0.1, -0.05) is 199 Å². The molecule has 7 heteroatoms. The van der Waals surface area contributed by atoms with Crippen LogP contribution in [0.15, 0.2) is 24.3 Å². The fourth-order valence-electron chi connectivity index (χ4n) is 7.48. The van der Waals surface area contributed by atoms with Crippen LogP contribution in [0.25, 0.3) is 0 Å². The Labute approximate surface area is 360 Å². The Hall–Kier alpha value is -1.70. The summed E-state index contributed by atoms with van der Waals surface area (Å²) in [6.45, 7) is 6.32. The smallest absolute Gasteiger partial charge is 0.305 e. The Morgan fingerprint density at radius 2 is 0.931 bits per heavy atom. The number of hydrogen-bond acceptors (Lipinski definition) is 6. The number of amides is 1. The lowest BCUT2D eigenvalue weighted by atomic mass is 10.0. The summed E-state index contributed by atoms with van der Waals surface area (Å²) in [6.07, 6.45) is 50.8. The van der Waals surface area contributed by atoms with E-state index in [0.717, 1.165) is 64.2 Å². The van der Waals surface area contributed by atoms with Crippen molar-refractivity contribution in [1.29, 1.82) is 0 Å². The first kappa shape index (κ1) is 56.3. The van der Waals surface area contributed by atoms with E-state index in [1.807, 2.05) is 0 Å². The van der Waals surface area contributed by atoms with Gasteiger partial charge in [-0.3, -0.25) is 9.59 Å². The molecule has 0 spiro atoms. The molecular formula is C51H97NO6. The molecule has 0 fully saturated rings. The predicted octanol–water partition coefficient (Wildman–Crippen LogP) is 13.9. The second-order valence-electron chi connectivity index (χ2n) is 17.0. The van der Waals surface area contributed by atoms with Gasteiger partial charge in [0.2, 0.25) is 5.91 Å². The molecule has 0 heterocycles. The van der Waals surface area contributed by atoms with Gasteiger partial charge in [0.15, 0.2) is 0 Å². The van der Waals surface area contributed by atoms with Crippen LogP contribution in [0.2, 0.25) is 0 Å². The Morgan fingerprint density at radius 1 is 0.517 bits per heavy atom. The summed E-state index contributed by atoms with van der Waals surface area (Å²) in [5.41, 5.74) is 0. The van der Waals surface area contributed by atoms with Crippen LogP contribution < -0.4 is 0 Å². The molecule has 2 N–H and O–H groups in total. The lowest BCUT2D eigenvalue weighted by Crippen LogP contribution is -2.40. The molecule has 0 aromatic carbocycles. The molecule has 0 aliphatic heterocycles. The summed E-state index contributed by atoms with van der Waals surface area (Å²) in [7, 11) is 0. The summed E-state index contributed by atoms with van der Waals surface area (Å²) in [5, 5.41) is 20.0. The first-order valence-electron chi connectivity index (χ1n) is 25.1. The number of esters is 1. The average Bonchev–Trinajstić information content (AvgIpc) is 3.22. The van der Waals surface area contributed by atoms with Crippen molar-refractivity contribution in [3.63, 3.8) is 0 Å². The molecular weight excluding hydrogens is 723 g/mol. The predicted molar refractivity (Wildman–Crippen MR) is 247 cm³/mol. The maximum atomic E-state index is 12.8. The first-order chi connectivity index (χ1) is 28.5. The van der Waals surface area contributed by atoms with Gasteiger partial charge in [-0.15, -0.1) is 0 Å². The third-order valence-corrected chi connectivity index (χ3v) is 11.2. The molecule has 0 aromatic rings. The summed E-state index contributed by atoms with van der Waals surface area (Å²) in [5.74, 6) is -0.0359. The average molecular weight is 820 g/mol. The molecule has 0 bridgehead atoms. The molecule has 7 nitrogen and oxygen atoms in total. The number of unbranched alkanes of at least 4 members (excludes halogenated alkanes) is 29. The Bertz CT molecular complexity index is 907. The molecule has 0 aliphatic carbocycles. The minimum atomic E-state index is -0.727. The van der Waals surface area contributed by atoms with Gasteiger partial charge in [0.05, 0.1) is 25.9 Å². The van der Waals surface area contributed by atoms with E-state index in [9.17, 15) is 19.8 Å². The van der Waals surface area contributed by atoms with Crippen molar-refractivity contribution in [1.82, 2.24) is 4.90 Å². The minimum absolute atomic E-state index is 0.00628. The van der Waals surface area contributed by atoms with Gasteiger partial charge < -0.3 is 24.6 Å². The number of aliphatic hydroxyl groups is 2. The molecule has 0 rings (SSSR count). The number of hydrogen-bond donors (Lipinski definition) is 2. The van der Waals surface area contributed by atoms with Crippen LogP contribution in [0.1, 0.15) is 245 Å². The van der Waals surface area contributed by atoms with Gasteiger partial charge in [0.1, 0.15) is 0 Å². The zero-order valence-corrected chi connectivity index (χ0v) is 38.6. The lowest BCUT2D eigenvalue weighted by molar-refractivity contribution is -0.144. The number of rotatable bonds is 47. The molecule has 0 saturated heterocycles. The van der Waals surface area contributed by atoms with Gasteiger partial charge in [0.25, 0.3) is 0 Å². The fourth-order valence-corrected chi connectivity index (χ4v) is 7.48. The van der Waals surface area contributed by atoms with E-state index in [2.05, 4.69) is 38.2 Å². The third kappa shape index (κ3) is 43.9. The monoisotopic (exact) mass is 820 g/mol. The van der Waals surface area contributed by atoms with Gasteiger partial charge >= 0.3 is 5.97 Å². The van der Waals surface area contributed by atoms with Gasteiger partial charge in [-0.25, -0.2) is 0 Å². The highest BCUT2D eigenvalue weighted by Gasteiger charge is 2.17. The highest BCUT2D eigenvalue weighted by atomic mass is 16.5. The lowest BCUT2D eigenvalue weighted by Gasteiger charge is -2.24. The molecule has 1 unspecified atom stereocenters. The quantitative estimate of drug-likeness (QED) is 0.0361. The molecule has 342 valence electrons. The number of carbonyl (C=O) groups excluding carboxylic acids is 2. The van der Waals surface area contributed by atoms with Gasteiger partial charge in [-0.2, -0.15) is 0 Å². The van der Waals surface area contributed by atoms with Crippen molar-refractivity contribution < 1.29 is 29.3 Å². The summed E-state index contributed by atoms with van der Waals surface area (Å²) >= 11 is 0. The van der Waals surface area contributed by atoms with E-state index in [1.54, 1.807) is 4.90 Å². The number of allylic oxidation sites excluding steroid dienone is 4. The standard InChI is InChI=1S/C51H97NO6/c1-3-5-7-9-11-13-15-17-19-20-22-26-30-34-38-42-51(56)58-46-40-36-32-28-24-25-29-33-37-41-50(55)52(43-44-53)47-49(54)48-57-45-39-35-31-27-23-21-18-16-14-12-10-8-6-4-2/h11,13,17,19,49,53-54H,3-10,12,14-16,18,20-48H2,1-2H3/b13-11-,19-17-. The minimum Gasteiger partial charge on any atom is -0.466 e. The van der Waals surface area contributed by atoms with Crippen molar-refractivity contribution in [2.45, 2.75) is 251 Å². The Morgan fingerprint density at radius 3 is 1.45 bits per heavy atom. The normalized spacial score (nSPS) is 12.3. The molecule has 1 atom stereocenters. The molecule has 58 heavy (non-hydrogen) atoms. The number of aliphatic hydroxyl groups excluding tert-OH is 2. The number of nitrogens with zero attached hydrogens (tertiary/aromatic N) is 1. The topological polar surface area (TPSA) is 96.3 Å². The second-order valence-corrected chi connectivity index (χ2v) is 17.0. The van der Waals surface area contributed by atoms with Crippen LogP contribution >= 0.6 is 0 Å². The highest BCUT2D eigenvalue weighted by Crippen LogP contribution is 2.15. The molecule has 0 aliphatic rings.